The van der Waals surface area contributed by atoms with Crippen molar-refractivity contribution in [1.82, 2.24) is 10.2 Å². The third-order valence-corrected chi connectivity index (χ3v) is 3.61. The number of hydrogen-bond acceptors (Lipinski definition) is 3. The van der Waals surface area contributed by atoms with Gasteiger partial charge >= 0.3 is 0 Å². The van der Waals surface area contributed by atoms with Crippen LogP contribution in [0.5, 0.6) is 0 Å². The molecule has 3 rings (SSSR count). The van der Waals surface area contributed by atoms with Gasteiger partial charge in [0.2, 0.25) is 0 Å². The van der Waals surface area contributed by atoms with E-state index in [9.17, 15) is 0 Å². The van der Waals surface area contributed by atoms with Gasteiger partial charge in [-0.15, -0.1) is 0 Å². The summed E-state index contributed by atoms with van der Waals surface area (Å²) in [5.74, 6) is 0.491. The zero-order valence-electron chi connectivity index (χ0n) is 9.99. The molecule has 0 amide bonds. The number of nitrogens with zero attached hydrogens (tertiary/aromatic N) is 2. The molecule has 0 atom stereocenters. The normalized spacial score (nSPS) is 15.3. The number of benzene rings is 1. The van der Waals surface area contributed by atoms with Crippen molar-refractivity contribution >= 4 is 23.1 Å². The molecule has 1 aromatic carbocycles. The van der Waals surface area contributed by atoms with Gasteiger partial charge in [-0.25, -0.2) is 0 Å². The molecule has 0 radical (unpaired) electrons. The fourth-order valence-corrected chi connectivity index (χ4v) is 2.67. The Morgan fingerprint density at radius 2 is 2.00 bits per heavy atom. The number of nitrogens with one attached hydrogen (secondary N) is 1. The van der Waals surface area contributed by atoms with E-state index in [0.717, 1.165) is 35.1 Å². The average molecular weight is 263 g/mol. The van der Waals surface area contributed by atoms with E-state index in [-0.39, 0.29) is 0 Å². The van der Waals surface area contributed by atoms with Gasteiger partial charge in [0.1, 0.15) is 5.82 Å². The predicted octanol–water partition coefficient (Wildman–Crippen LogP) is 2.91. The molecule has 5 heteroatoms. The Morgan fingerprint density at radius 3 is 2.61 bits per heavy atom. The maximum atomic E-state index is 6.36. The van der Waals surface area contributed by atoms with Crippen molar-refractivity contribution in [2.24, 2.45) is 0 Å². The van der Waals surface area contributed by atoms with Crippen molar-refractivity contribution in [3.8, 4) is 11.3 Å². The molecule has 0 spiro atoms. The molecule has 2 aromatic rings. The number of H-pyrrole nitrogens is 1. The first-order valence-electron chi connectivity index (χ1n) is 6.10. The van der Waals surface area contributed by atoms with Crippen LogP contribution in [-0.2, 0) is 0 Å². The lowest BCUT2D eigenvalue weighted by atomic mass is 10.1. The van der Waals surface area contributed by atoms with E-state index in [1.165, 1.54) is 12.8 Å². The standard InChI is InChI=1S/C13H15ClN4/c14-10-7-9(11-8-13(15)17-16-11)3-4-12(10)18-5-1-2-6-18/h3-4,7-8H,1-2,5-6H2,(H3,15,16,17). The Hall–Kier alpha value is -1.68. The van der Waals surface area contributed by atoms with Crippen molar-refractivity contribution in [2.45, 2.75) is 12.8 Å². The highest BCUT2D eigenvalue weighted by molar-refractivity contribution is 6.33. The van der Waals surface area contributed by atoms with Crippen LogP contribution in [0, 0.1) is 0 Å². The van der Waals surface area contributed by atoms with Crippen molar-refractivity contribution in [1.29, 1.82) is 0 Å². The van der Waals surface area contributed by atoms with Crippen LogP contribution < -0.4 is 10.6 Å². The monoisotopic (exact) mass is 262 g/mol. The molecule has 1 fully saturated rings. The predicted molar refractivity (Wildman–Crippen MR) is 74.9 cm³/mol. The third-order valence-electron chi connectivity index (χ3n) is 3.30. The maximum absolute atomic E-state index is 6.36. The molecule has 1 saturated heterocycles. The minimum absolute atomic E-state index is 0.491. The smallest absolute Gasteiger partial charge is 0.145 e. The van der Waals surface area contributed by atoms with Crippen LogP contribution >= 0.6 is 11.6 Å². The Bertz CT molecular complexity index is 558. The molecule has 4 nitrogen and oxygen atoms in total. The van der Waals surface area contributed by atoms with Gasteiger partial charge in [0, 0.05) is 24.7 Å². The summed E-state index contributed by atoms with van der Waals surface area (Å²) in [6.45, 7) is 2.19. The molecule has 0 saturated carbocycles. The van der Waals surface area contributed by atoms with Crippen LogP contribution in [0.3, 0.4) is 0 Å². The van der Waals surface area contributed by atoms with E-state index in [4.69, 9.17) is 17.3 Å². The number of halogens is 1. The summed E-state index contributed by atoms with van der Waals surface area (Å²) >= 11 is 6.36. The lowest BCUT2D eigenvalue weighted by Crippen LogP contribution is -2.17. The Balaban J connectivity index is 1.93. The second kappa shape index (κ2) is 4.53. The highest BCUT2D eigenvalue weighted by Crippen LogP contribution is 2.32. The van der Waals surface area contributed by atoms with E-state index in [2.05, 4.69) is 21.2 Å². The van der Waals surface area contributed by atoms with Gasteiger partial charge < -0.3 is 10.6 Å². The van der Waals surface area contributed by atoms with Crippen LogP contribution in [0.4, 0.5) is 11.5 Å². The zero-order valence-corrected chi connectivity index (χ0v) is 10.7. The van der Waals surface area contributed by atoms with Crippen LogP contribution in [0.2, 0.25) is 5.02 Å². The summed E-state index contributed by atoms with van der Waals surface area (Å²) in [7, 11) is 0. The lowest BCUT2D eigenvalue weighted by molar-refractivity contribution is 0.949. The lowest BCUT2D eigenvalue weighted by Gasteiger charge is -2.19. The van der Waals surface area contributed by atoms with Crippen LogP contribution in [0.15, 0.2) is 24.3 Å². The molecule has 1 aliphatic rings. The van der Waals surface area contributed by atoms with Crippen LogP contribution in [0.25, 0.3) is 11.3 Å². The fourth-order valence-electron chi connectivity index (χ4n) is 2.37. The van der Waals surface area contributed by atoms with Gasteiger partial charge in [-0.3, -0.25) is 5.10 Å². The first-order chi connectivity index (χ1) is 8.74. The third kappa shape index (κ3) is 2.04. The quantitative estimate of drug-likeness (QED) is 0.875. The van der Waals surface area contributed by atoms with E-state index in [0.29, 0.717) is 5.82 Å². The Labute approximate surface area is 111 Å². The molecule has 94 valence electrons. The first-order valence-corrected chi connectivity index (χ1v) is 6.47. The van der Waals surface area contributed by atoms with Crippen molar-refractivity contribution < 1.29 is 0 Å². The number of aromatic amines is 1. The minimum atomic E-state index is 0.491. The number of hydrogen-bond donors (Lipinski definition) is 2. The number of nitrogens with two attached hydrogens (primary N) is 1. The van der Waals surface area contributed by atoms with Gasteiger partial charge in [-0.1, -0.05) is 17.7 Å². The van der Waals surface area contributed by atoms with Crippen molar-refractivity contribution in [2.75, 3.05) is 23.7 Å². The summed E-state index contributed by atoms with van der Waals surface area (Å²) in [4.78, 5) is 2.33. The van der Waals surface area contributed by atoms with Crippen LogP contribution in [-0.4, -0.2) is 23.3 Å². The molecule has 1 aliphatic heterocycles. The summed E-state index contributed by atoms with van der Waals surface area (Å²) in [5.41, 5.74) is 8.61. The van der Waals surface area contributed by atoms with Gasteiger partial charge in [0.25, 0.3) is 0 Å². The molecule has 0 unspecified atom stereocenters. The summed E-state index contributed by atoms with van der Waals surface area (Å²) in [5, 5.41) is 7.59. The van der Waals surface area contributed by atoms with Crippen molar-refractivity contribution in [3.63, 3.8) is 0 Å². The molecule has 0 bridgehead atoms. The summed E-state index contributed by atoms with van der Waals surface area (Å²) in [6, 6.07) is 7.88. The van der Waals surface area contributed by atoms with Crippen molar-refractivity contribution in [3.05, 3.63) is 29.3 Å². The molecule has 18 heavy (non-hydrogen) atoms. The molecule has 3 N–H and O–H groups in total. The first kappa shape index (κ1) is 11.4. The van der Waals surface area contributed by atoms with Gasteiger partial charge in [-0.2, -0.15) is 5.10 Å². The number of anilines is 2. The molecular weight excluding hydrogens is 248 g/mol. The highest BCUT2D eigenvalue weighted by Gasteiger charge is 2.15. The molecule has 2 heterocycles. The zero-order chi connectivity index (χ0) is 12.5. The number of nitrogen functional groups attached to an aromatic ring is 1. The molecule has 0 aliphatic carbocycles. The second-order valence-corrected chi connectivity index (χ2v) is 4.97. The SMILES string of the molecule is Nc1cc(-c2ccc(N3CCCC3)c(Cl)c2)[nH]n1. The second-order valence-electron chi connectivity index (χ2n) is 4.57. The maximum Gasteiger partial charge on any atom is 0.145 e. The van der Waals surface area contributed by atoms with E-state index in [1.54, 1.807) is 6.07 Å². The largest absolute Gasteiger partial charge is 0.382 e. The minimum Gasteiger partial charge on any atom is -0.382 e. The number of aromatic nitrogens is 2. The molecule has 1 aromatic heterocycles. The average Bonchev–Trinajstić information content (AvgIpc) is 2.99. The Morgan fingerprint density at radius 1 is 1.22 bits per heavy atom. The van der Waals surface area contributed by atoms with E-state index in [1.807, 2.05) is 12.1 Å². The van der Waals surface area contributed by atoms with E-state index >= 15 is 0 Å². The fraction of sp³-hybridized carbons (Fsp3) is 0.308. The van der Waals surface area contributed by atoms with Gasteiger partial charge in [0.15, 0.2) is 0 Å². The number of rotatable bonds is 2. The van der Waals surface area contributed by atoms with Crippen LogP contribution in [0.1, 0.15) is 12.8 Å². The molecular formula is C13H15ClN4. The van der Waals surface area contributed by atoms with Gasteiger partial charge in [0.05, 0.1) is 16.4 Å². The topological polar surface area (TPSA) is 57.9 Å². The van der Waals surface area contributed by atoms with E-state index < -0.39 is 0 Å². The highest BCUT2D eigenvalue weighted by atomic mass is 35.5. The summed E-state index contributed by atoms with van der Waals surface area (Å²) in [6.07, 6.45) is 2.49. The van der Waals surface area contributed by atoms with Gasteiger partial charge in [-0.05, 0) is 25.0 Å². The summed E-state index contributed by atoms with van der Waals surface area (Å²) < 4.78 is 0. The Kier molecular flexibility index (Phi) is 2.88.